The maximum absolute atomic E-state index is 13.0. The van der Waals surface area contributed by atoms with E-state index in [9.17, 15) is 9.59 Å². The van der Waals surface area contributed by atoms with Gasteiger partial charge in [-0.25, -0.2) is 4.68 Å². The lowest BCUT2D eigenvalue weighted by Crippen LogP contribution is -2.34. The Morgan fingerprint density at radius 3 is 2.36 bits per heavy atom. The van der Waals surface area contributed by atoms with E-state index in [4.69, 9.17) is 4.74 Å². The molecular weight excluding hydrogens is 354 g/mol. The Kier molecular flexibility index (Phi) is 5.68. The molecule has 3 aromatic rings. The maximum atomic E-state index is 13.0. The van der Waals surface area contributed by atoms with Crippen LogP contribution in [0.2, 0.25) is 0 Å². The Morgan fingerprint density at radius 2 is 1.71 bits per heavy atom. The zero-order valence-corrected chi connectivity index (χ0v) is 16.6. The predicted molar refractivity (Wildman–Crippen MR) is 110 cm³/mol. The van der Waals surface area contributed by atoms with Gasteiger partial charge >= 0.3 is 0 Å². The molecule has 6 nitrogen and oxygen atoms in total. The first kappa shape index (κ1) is 19.5. The summed E-state index contributed by atoms with van der Waals surface area (Å²) in [5, 5.41) is 2.78. The molecule has 0 saturated heterocycles. The molecule has 0 aliphatic carbocycles. The van der Waals surface area contributed by atoms with E-state index in [1.807, 2.05) is 68.4 Å². The number of hydrogen-bond acceptors (Lipinski definition) is 3. The number of aromatic nitrogens is 2. The van der Waals surface area contributed by atoms with E-state index in [2.05, 4.69) is 5.32 Å². The Hall–Kier alpha value is -3.28. The highest BCUT2D eigenvalue weighted by Crippen LogP contribution is 2.20. The summed E-state index contributed by atoms with van der Waals surface area (Å²) in [6, 6.07) is 16.9. The van der Waals surface area contributed by atoms with Crippen LogP contribution in [0.3, 0.4) is 0 Å². The number of benzene rings is 2. The van der Waals surface area contributed by atoms with Gasteiger partial charge in [0.15, 0.2) is 6.10 Å². The Balaban J connectivity index is 1.88. The van der Waals surface area contributed by atoms with Gasteiger partial charge in [-0.1, -0.05) is 43.3 Å². The molecule has 146 valence electrons. The van der Waals surface area contributed by atoms with Crippen molar-refractivity contribution >= 4 is 11.6 Å². The van der Waals surface area contributed by atoms with Gasteiger partial charge in [-0.05, 0) is 44.0 Å². The number of ether oxygens (including phenoxy) is 1. The summed E-state index contributed by atoms with van der Waals surface area (Å²) in [7, 11) is 1.79. The highest BCUT2D eigenvalue weighted by molar-refractivity contribution is 5.94. The molecule has 6 heteroatoms. The Morgan fingerprint density at radius 1 is 1.07 bits per heavy atom. The fourth-order valence-corrected chi connectivity index (χ4v) is 3.08. The van der Waals surface area contributed by atoms with Crippen molar-refractivity contribution < 1.29 is 9.53 Å². The van der Waals surface area contributed by atoms with Crippen LogP contribution >= 0.6 is 0 Å². The van der Waals surface area contributed by atoms with Gasteiger partial charge in [0, 0.05) is 7.05 Å². The second-order valence-electron chi connectivity index (χ2n) is 6.71. The lowest BCUT2D eigenvalue weighted by molar-refractivity contribution is -0.122. The second kappa shape index (κ2) is 8.17. The number of para-hydroxylation sites is 2. The van der Waals surface area contributed by atoms with Gasteiger partial charge in [0.1, 0.15) is 11.4 Å². The van der Waals surface area contributed by atoms with Crippen LogP contribution in [0.15, 0.2) is 59.4 Å². The van der Waals surface area contributed by atoms with Crippen molar-refractivity contribution in [2.75, 3.05) is 5.32 Å². The molecule has 0 bridgehead atoms. The lowest BCUT2D eigenvalue weighted by Gasteiger charge is -2.18. The van der Waals surface area contributed by atoms with E-state index in [1.54, 1.807) is 18.7 Å². The van der Waals surface area contributed by atoms with Crippen molar-refractivity contribution in [2.45, 2.75) is 33.3 Å². The van der Waals surface area contributed by atoms with Gasteiger partial charge in [-0.2, -0.15) is 0 Å². The topological polar surface area (TPSA) is 65.3 Å². The number of aryl methyl sites for hydroxylation is 1. The lowest BCUT2D eigenvalue weighted by atomic mass is 10.2. The number of amides is 1. The van der Waals surface area contributed by atoms with E-state index < -0.39 is 6.10 Å². The van der Waals surface area contributed by atoms with Crippen LogP contribution in [0.1, 0.15) is 24.6 Å². The van der Waals surface area contributed by atoms with Crippen molar-refractivity contribution in [3.63, 3.8) is 0 Å². The smallest absolute Gasteiger partial charge is 0.295 e. The van der Waals surface area contributed by atoms with E-state index >= 15 is 0 Å². The minimum absolute atomic E-state index is 0.267. The minimum atomic E-state index is -0.690. The fraction of sp³-hybridized carbons (Fsp3) is 0.273. The predicted octanol–water partition coefficient (Wildman–Crippen LogP) is 3.59. The molecule has 1 atom stereocenters. The molecule has 0 unspecified atom stereocenters. The van der Waals surface area contributed by atoms with Gasteiger partial charge in [0.05, 0.1) is 11.4 Å². The van der Waals surface area contributed by atoms with Crippen molar-refractivity contribution in [1.29, 1.82) is 0 Å². The van der Waals surface area contributed by atoms with Crippen molar-refractivity contribution in [3.8, 4) is 11.4 Å². The van der Waals surface area contributed by atoms with Gasteiger partial charge in [-0.3, -0.25) is 14.3 Å². The first-order valence-electron chi connectivity index (χ1n) is 9.31. The molecular formula is C22H25N3O3. The Labute approximate surface area is 164 Å². The van der Waals surface area contributed by atoms with Crippen LogP contribution in [0.5, 0.6) is 5.75 Å². The molecule has 2 aromatic carbocycles. The SMILES string of the molecule is CC[C@@H](Oc1ccccc1C)C(=O)Nc1c(C)n(C)n(-c2ccccc2)c1=O. The zero-order valence-electron chi connectivity index (χ0n) is 16.6. The molecule has 0 fully saturated rings. The van der Waals surface area contributed by atoms with Gasteiger partial charge in [0.25, 0.3) is 11.5 Å². The van der Waals surface area contributed by atoms with E-state index in [0.717, 1.165) is 11.3 Å². The van der Waals surface area contributed by atoms with Crippen LogP contribution < -0.4 is 15.6 Å². The average molecular weight is 379 g/mol. The molecule has 0 aliphatic rings. The van der Waals surface area contributed by atoms with Crippen molar-refractivity contribution in [3.05, 3.63) is 76.2 Å². The number of nitrogens with one attached hydrogen (secondary N) is 1. The van der Waals surface area contributed by atoms with Crippen LogP contribution in [-0.4, -0.2) is 21.4 Å². The summed E-state index contributed by atoms with van der Waals surface area (Å²) in [4.78, 5) is 25.8. The van der Waals surface area contributed by atoms with Crippen molar-refractivity contribution in [1.82, 2.24) is 9.36 Å². The van der Waals surface area contributed by atoms with Gasteiger partial charge < -0.3 is 10.1 Å². The molecule has 3 rings (SSSR count). The van der Waals surface area contributed by atoms with Crippen LogP contribution in [-0.2, 0) is 11.8 Å². The molecule has 0 aliphatic heterocycles. The normalized spacial score (nSPS) is 11.9. The molecule has 1 N–H and O–H groups in total. The van der Waals surface area contributed by atoms with Crippen LogP contribution in [0.25, 0.3) is 5.69 Å². The van der Waals surface area contributed by atoms with E-state index in [0.29, 0.717) is 17.9 Å². The van der Waals surface area contributed by atoms with Gasteiger partial charge in [-0.15, -0.1) is 0 Å². The summed E-state index contributed by atoms with van der Waals surface area (Å²) in [6.45, 7) is 5.61. The van der Waals surface area contributed by atoms with E-state index in [-0.39, 0.29) is 17.2 Å². The highest BCUT2D eigenvalue weighted by Gasteiger charge is 2.24. The molecule has 0 saturated carbocycles. The first-order valence-corrected chi connectivity index (χ1v) is 9.31. The minimum Gasteiger partial charge on any atom is -0.480 e. The molecule has 28 heavy (non-hydrogen) atoms. The third-order valence-corrected chi connectivity index (χ3v) is 4.83. The molecule has 0 radical (unpaired) electrons. The number of nitrogens with zero attached hydrogens (tertiary/aromatic N) is 2. The third kappa shape index (κ3) is 3.71. The largest absolute Gasteiger partial charge is 0.480 e. The molecule has 1 heterocycles. The molecule has 1 amide bonds. The number of anilines is 1. The number of hydrogen-bond donors (Lipinski definition) is 1. The average Bonchev–Trinajstić information content (AvgIpc) is 2.91. The summed E-state index contributed by atoms with van der Waals surface area (Å²) in [5.74, 6) is 0.327. The highest BCUT2D eigenvalue weighted by atomic mass is 16.5. The van der Waals surface area contributed by atoms with E-state index in [1.165, 1.54) is 4.68 Å². The summed E-state index contributed by atoms with van der Waals surface area (Å²) < 4.78 is 9.17. The number of carbonyl (C=O) groups excluding carboxylic acids is 1. The fourth-order valence-electron chi connectivity index (χ4n) is 3.08. The summed E-state index contributed by atoms with van der Waals surface area (Å²) in [6.07, 6.45) is -0.205. The third-order valence-electron chi connectivity index (χ3n) is 4.83. The molecule has 0 spiro atoms. The number of rotatable bonds is 6. The Bertz CT molecular complexity index is 1030. The zero-order chi connectivity index (χ0) is 20.3. The standard InChI is InChI=1S/C22H25N3O3/c1-5-18(28-19-14-10-9-11-15(19)2)21(26)23-20-16(3)24(4)25(22(20)27)17-12-7-6-8-13-17/h6-14,18H,5H2,1-4H3,(H,23,26)/t18-/m1/s1. The number of carbonyl (C=O) groups is 1. The van der Waals surface area contributed by atoms with Crippen LogP contribution in [0.4, 0.5) is 5.69 Å². The molecule has 1 aromatic heterocycles. The first-order chi connectivity index (χ1) is 13.4. The summed E-state index contributed by atoms with van der Waals surface area (Å²) >= 11 is 0. The second-order valence-corrected chi connectivity index (χ2v) is 6.71. The summed E-state index contributed by atoms with van der Waals surface area (Å²) in [5.41, 5.74) is 2.36. The van der Waals surface area contributed by atoms with Gasteiger partial charge in [0.2, 0.25) is 0 Å². The monoisotopic (exact) mass is 379 g/mol. The van der Waals surface area contributed by atoms with Crippen molar-refractivity contribution in [2.24, 2.45) is 7.05 Å². The maximum Gasteiger partial charge on any atom is 0.295 e. The van der Waals surface area contributed by atoms with Crippen LogP contribution in [0, 0.1) is 13.8 Å². The quantitative estimate of drug-likeness (QED) is 0.712.